The lowest BCUT2D eigenvalue weighted by atomic mass is 9.95. The summed E-state index contributed by atoms with van der Waals surface area (Å²) in [6.45, 7) is 3.05. The normalized spacial score (nSPS) is 25.5. The van der Waals surface area contributed by atoms with Crippen LogP contribution in [0.2, 0.25) is 5.02 Å². The summed E-state index contributed by atoms with van der Waals surface area (Å²) < 4.78 is 48.6. The van der Waals surface area contributed by atoms with Gasteiger partial charge in [-0.25, -0.2) is 21.1 Å². The van der Waals surface area contributed by atoms with E-state index in [2.05, 4.69) is 5.32 Å². The Bertz CT molecular complexity index is 1030. The first-order valence-electron chi connectivity index (χ1n) is 8.21. The minimum Gasteiger partial charge on any atom is -0.348 e. The summed E-state index contributed by atoms with van der Waals surface area (Å²) in [5.74, 6) is -1.65. The Morgan fingerprint density at radius 2 is 1.93 bits per heavy atom. The Morgan fingerprint density at radius 3 is 2.44 bits per heavy atom. The number of benzene rings is 1. The Hall–Kier alpha value is -1.65. The lowest BCUT2D eigenvalue weighted by Gasteiger charge is -2.19. The number of hydrogen-bond acceptors (Lipinski definition) is 6. The molecule has 0 aromatic heterocycles. The zero-order chi connectivity index (χ0) is 20.2. The fraction of sp³-hybridized carbons (Fsp3) is 0.500. The van der Waals surface area contributed by atoms with Crippen LogP contribution in [0.1, 0.15) is 30.6 Å². The van der Waals surface area contributed by atoms with Crippen molar-refractivity contribution in [3.05, 3.63) is 28.8 Å². The third-order valence-electron chi connectivity index (χ3n) is 4.58. The van der Waals surface area contributed by atoms with Gasteiger partial charge in [-0.05, 0) is 38.5 Å². The third kappa shape index (κ3) is 3.83. The quantitative estimate of drug-likeness (QED) is 0.757. The van der Waals surface area contributed by atoms with Gasteiger partial charge in [0.15, 0.2) is 9.84 Å². The molecule has 148 valence electrons. The Labute approximate surface area is 162 Å². The number of carbonyl (C=O) groups excluding carboxylic acids is 2. The van der Waals surface area contributed by atoms with Crippen LogP contribution >= 0.6 is 11.6 Å². The Kier molecular flexibility index (Phi) is 4.80. The van der Waals surface area contributed by atoms with Crippen LogP contribution in [0.4, 0.5) is 5.69 Å². The molecule has 27 heavy (non-hydrogen) atoms. The number of nitrogens with zero attached hydrogens (tertiary/aromatic N) is 1. The van der Waals surface area contributed by atoms with Crippen molar-refractivity contribution in [2.75, 3.05) is 21.6 Å². The molecule has 3 rings (SSSR count). The molecule has 2 heterocycles. The number of anilines is 1. The highest BCUT2D eigenvalue weighted by Crippen LogP contribution is 2.39. The van der Waals surface area contributed by atoms with E-state index in [4.69, 9.17) is 11.6 Å². The van der Waals surface area contributed by atoms with Gasteiger partial charge in [0.1, 0.15) is 0 Å². The van der Waals surface area contributed by atoms with Crippen LogP contribution in [0.5, 0.6) is 0 Å². The fourth-order valence-corrected chi connectivity index (χ4v) is 7.27. The highest BCUT2D eigenvalue weighted by molar-refractivity contribution is 7.94. The van der Waals surface area contributed by atoms with E-state index in [1.165, 1.54) is 32.0 Å². The van der Waals surface area contributed by atoms with Gasteiger partial charge in [-0.2, -0.15) is 0 Å². The van der Waals surface area contributed by atoms with Crippen LogP contribution in [0, 0.1) is 5.41 Å². The summed E-state index contributed by atoms with van der Waals surface area (Å²) in [6, 6.07) is 3.46. The highest BCUT2D eigenvalue weighted by atomic mass is 35.5. The van der Waals surface area contributed by atoms with E-state index >= 15 is 0 Å². The molecular formula is C16H19ClN2O6S2. The standard InChI is InChI=1S/C16H19ClN2O6S2/c1-16(2)9-27(24,25)19(15(16)21)13-7-10(3-4-12(13)17)14(20)18-11-5-6-26(22,23)8-11/h3-4,7,11H,5-6,8-9H2,1-2H3,(H,18,20). The number of sulfone groups is 1. The molecule has 2 aliphatic heterocycles. The van der Waals surface area contributed by atoms with Gasteiger partial charge in [0.2, 0.25) is 15.9 Å². The summed E-state index contributed by atoms with van der Waals surface area (Å²) in [5.41, 5.74) is -1.09. The smallest absolute Gasteiger partial charge is 0.251 e. The molecule has 1 aromatic rings. The van der Waals surface area contributed by atoms with Crippen molar-refractivity contribution >= 4 is 49.0 Å². The van der Waals surface area contributed by atoms with Gasteiger partial charge in [-0.3, -0.25) is 9.59 Å². The molecular weight excluding hydrogens is 416 g/mol. The van der Waals surface area contributed by atoms with Crippen molar-refractivity contribution in [3.8, 4) is 0 Å². The van der Waals surface area contributed by atoms with Gasteiger partial charge in [-0.1, -0.05) is 11.6 Å². The average molecular weight is 435 g/mol. The molecule has 2 saturated heterocycles. The first kappa shape index (κ1) is 20.1. The van der Waals surface area contributed by atoms with E-state index in [-0.39, 0.29) is 33.5 Å². The predicted octanol–water partition coefficient (Wildman–Crippen LogP) is 0.959. The second kappa shape index (κ2) is 6.46. The summed E-state index contributed by atoms with van der Waals surface area (Å²) in [4.78, 5) is 25.0. The maximum atomic E-state index is 12.5. The van der Waals surface area contributed by atoms with Crippen molar-refractivity contribution in [3.63, 3.8) is 0 Å². The zero-order valence-electron chi connectivity index (χ0n) is 14.7. The molecule has 11 heteroatoms. The van der Waals surface area contributed by atoms with Crippen molar-refractivity contribution in [1.29, 1.82) is 0 Å². The monoisotopic (exact) mass is 434 g/mol. The van der Waals surface area contributed by atoms with Crippen LogP contribution in [0.15, 0.2) is 18.2 Å². The molecule has 2 aliphatic rings. The molecule has 0 bridgehead atoms. The number of rotatable bonds is 3. The molecule has 1 unspecified atom stereocenters. The van der Waals surface area contributed by atoms with Gasteiger partial charge in [0.25, 0.3) is 5.91 Å². The van der Waals surface area contributed by atoms with Gasteiger partial charge in [0, 0.05) is 11.6 Å². The van der Waals surface area contributed by atoms with Gasteiger partial charge in [-0.15, -0.1) is 0 Å². The summed E-state index contributed by atoms with van der Waals surface area (Å²) in [6.07, 6.45) is 0.321. The van der Waals surface area contributed by atoms with E-state index < -0.39 is 43.1 Å². The van der Waals surface area contributed by atoms with E-state index in [9.17, 15) is 26.4 Å². The van der Waals surface area contributed by atoms with E-state index in [0.717, 1.165) is 0 Å². The second-order valence-corrected chi connectivity index (χ2v) is 11.9. The Balaban J connectivity index is 1.91. The number of sulfonamides is 1. The fourth-order valence-electron chi connectivity index (χ4n) is 3.23. The number of amides is 2. The van der Waals surface area contributed by atoms with Gasteiger partial charge in [0.05, 0.1) is 33.4 Å². The lowest BCUT2D eigenvalue weighted by Crippen LogP contribution is -2.36. The molecule has 8 nitrogen and oxygen atoms in total. The largest absolute Gasteiger partial charge is 0.348 e. The third-order valence-corrected chi connectivity index (χ3v) is 8.67. The molecule has 0 radical (unpaired) electrons. The van der Waals surface area contributed by atoms with Crippen LogP contribution in [0.25, 0.3) is 0 Å². The van der Waals surface area contributed by atoms with Crippen molar-refractivity contribution in [2.45, 2.75) is 26.3 Å². The number of nitrogens with one attached hydrogen (secondary N) is 1. The first-order valence-corrected chi connectivity index (χ1v) is 12.0. The molecule has 1 aromatic carbocycles. The topological polar surface area (TPSA) is 118 Å². The minimum absolute atomic E-state index is 0.0133. The van der Waals surface area contributed by atoms with E-state index in [1.54, 1.807) is 0 Å². The molecule has 0 spiro atoms. The maximum Gasteiger partial charge on any atom is 0.251 e. The van der Waals surface area contributed by atoms with Crippen molar-refractivity contribution < 1.29 is 26.4 Å². The summed E-state index contributed by atoms with van der Waals surface area (Å²) in [5, 5.41) is 2.64. The minimum atomic E-state index is -3.91. The highest BCUT2D eigenvalue weighted by Gasteiger charge is 2.50. The average Bonchev–Trinajstić information content (AvgIpc) is 2.93. The number of halogens is 1. The Morgan fingerprint density at radius 1 is 1.26 bits per heavy atom. The van der Waals surface area contributed by atoms with Crippen molar-refractivity contribution in [2.24, 2.45) is 5.41 Å². The first-order chi connectivity index (χ1) is 12.3. The van der Waals surface area contributed by atoms with E-state index in [1.807, 2.05) is 0 Å². The predicted molar refractivity (Wildman–Crippen MR) is 101 cm³/mol. The SMILES string of the molecule is CC1(C)CS(=O)(=O)N(c2cc(C(=O)NC3CCS(=O)(=O)C3)ccc2Cl)C1=O. The van der Waals surface area contributed by atoms with Crippen molar-refractivity contribution in [1.82, 2.24) is 5.32 Å². The van der Waals surface area contributed by atoms with Crippen LogP contribution in [-0.2, 0) is 24.7 Å². The molecule has 2 fully saturated rings. The van der Waals surface area contributed by atoms with Crippen LogP contribution in [0.3, 0.4) is 0 Å². The molecule has 1 N–H and O–H groups in total. The number of carbonyl (C=O) groups is 2. The van der Waals surface area contributed by atoms with Gasteiger partial charge < -0.3 is 5.32 Å². The molecule has 1 atom stereocenters. The number of hydrogen-bond donors (Lipinski definition) is 1. The summed E-state index contributed by atoms with van der Waals surface area (Å²) in [7, 11) is -7.07. The summed E-state index contributed by atoms with van der Waals surface area (Å²) >= 11 is 6.10. The van der Waals surface area contributed by atoms with Crippen LogP contribution in [-0.4, -0.2) is 52.0 Å². The molecule has 0 saturated carbocycles. The molecule has 0 aliphatic carbocycles. The van der Waals surface area contributed by atoms with Crippen LogP contribution < -0.4 is 9.62 Å². The lowest BCUT2D eigenvalue weighted by molar-refractivity contribution is -0.123. The zero-order valence-corrected chi connectivity index (χ0v) is 17.1. The molecule has 2 amide bonds. The second-order valence-electron chi connectivity index (χ2n) is 7.45. The maximum absolute atomic E-state index is 12.5. The van der Waals surface area contributed by atoms with Gasteiger partial charge >= 0.3 is 0 Å². The van der Waals surface area contributed by atoms with E-state index in [0.29, 0.717) is 10.7 Å².